The second kappa shape index (κ2) is 3.79. The van der Waals surface area contributed by atoms with E-state index in [1.165, 1.54) is 12.5 Å². The second-order valence-electron chi connectivity index (χ2n) is 3.61. The molecule has 0 unspecified atom stereocenters. The van der Waals surface area contributed by atoms with Crippen molar-refractivity contribution in [2.24, 2.45) is 0 Å². The molecule has 0 aliphatic heterocycles. The molecule has 2 heterocycles. The molecule has 5 nitrogen and oxygen atoms in total. The molecule has 0 aliphatic rings. The lowest BCUT2D eigenvalue weighted by molar-refractivity contribution is 0.102. The summed E-state index contributed by atoms with van der Waals surface area (Å²) in [4.78, 5) is 15.1. The van der Waals surface area contributed by atoms with Crippen LogP contribution in [0.1, 0.15) is 10.4 Å². The van der Waals surface area contributed by atoms with Crippen molar-refractivity contribution in [3.05, 3.63) is 48.5 Å². The molecule has 1 aromatic carbocycles. The lowest BCUT2D eigenvalue weighted by Gasteiger charge is -2.03. The van der Waals surface area contributed by atoms with E-state index in [0.29, 0.717) is 11.3 Å². The van der Waals surface area contributed by atoms with Gasteiger partial charge in [0.05, 0.1) is 6.20 Å². The highest BCUT2D eigenvalue weighted by Crippen LogP contribution is 2.18. The fourth-order valence-electron chi connectivity index (χ4n) is 1.75. The van der Waals surface area contributed by atoms with Crippen LogP contribution in [0.4, 0.5) is 5.69 Å². The van der Waals surface area contributed by atoms with Crippen LogP contribution in [0.25, 0.3) is 10.9 Å². The first-order valence-corrected chi connectivity index (χ1v) is 5.11. The third kappa shape index (κ3) is 1.67. The van der Waals surface area contributed by atoms with Gasteiger partial charge in [0.1, 0.15) is 12.0 Å². The van der Waals surface area contributed by atoms with Crippen molar-refractivity contribution in [2.45, 2.75) is 0 Å². The van der Waals surface area contributed by atoms with Crippen molar-refractivity contribution in [2.75, 3.05) is 5.32 Å². The van der Waals surface area contributed by atoms with Crippen molar-refractivity contribution in [1.29, 1.82) is 0 Å². The van der Waals surface area contributed by atoms with Crippen LogP contribution in [0.15, 0.2) is 47.4 Å². The van der Waals surface area contributed by atoms with Crippen molar-refractivity contribution in [3.63, 3.8) is 0 Å². The third-order valence-electron chi connectivity index (χ3n) is 2.53. The van der Waals surface area contributed by atoms with E-state index in [0.717, 1.165) is 10.9 Å². The van der Waals surface area contributed by atoms with Gasteiger partial charge in [0, 0.05) is 22.7 Å². The predicted octanol–water partition coefficient (Wildman–Crippen LogP) is 2.41. The van der Waals surface area contributed by atoms with Crippen LogP contribution < -0.4 is 5.32 Å². The highest BCUT2D eigenvalue weighted by atomic mass is 16.5. The summed E-state index contributed by atoms with van der Waals surface area (Å²) in [5.74, 6) is -0.182. The molecule has 5 heteroatoms. The molecular weight excluding hydrogens is 218 g/mol. The van der Waals surface area contributed by atoms with Crippen molar-refractivity contribution in [1.82, 2.24) is 10.1 Å². The molecule has 0 spiro atoms. The number of carbonyl (C=O) groups is 1. The fraction of sp³-hybridized carbons (Fsp3) is 0. The average molecular weight is 227 g/mol. The summed E-state index contributed by atoms with van der Waals surface area (Å²) in [5.41, 5.74) is 2.09. The molecule has 3 rings (SSSR count). The number of fused-ring (bicyclic) bond motifs is 1. The molecule has 17 heavy (non-hydrogen) atoms. The Labute approximate surface area is 96.4 Å². The van der Waals surface area contributed by atoms with Crippen LogP contribution in [-0.2, 0) is 0 Å². The SMILES string of the molecule is O=C(Nc1cnoc1)c1cccc2[nH]ccc12. The van der Waals surface area contributed by atoms with Crippen molar-refractivity contribution >= 4 is 22.5 Å². The Morgan fingerprint density at radius 2 is 2.29 bits per heavy atom. The first kappa shape index (κ1) is 9.65. The Morgan fingerprint density at radius 3 is 3.12 bits per heavy atom. The summed E-state index contributed by atoms with van der Waals surface area (Å²) in [7, 11) is 0. The quantitative estimate of drug-likeness (QED) is 0.706. The Balaban J connectivity index is 1.98. The van der Waals surface area contributed by atoms with E-state index in [-0.39, 0.29) is 5.91 Å². The van der Waals surface area contributed by atoms with Crippen LogP contribution in [0.5, 0.6) is 0 Å². The van der Waals surface area contributed by atoms with Gasteiger partial charge in [0.25, 0.3) is 5.91 Å². The fourth-order valence-corrected chi connectivity index (χ4v) is 1.75. The Hall–Kier alpha value is -2.56. The topological polar surface area (TPSA) is 70.9 Å². The van der Waals surface area contributed by atoms with E-state index in [4.69, 9.17) is 0 Å². The van der Waals surface area contributed by atoms with Gasteiger partial charge in [-0.1, -0.05) is 11.2 Å². The second-order valence-corrected chi connectivity index (χ2v) is 3.61. The lowest BCUT2D eigenvalue weighted by atomic mass is 10.1. The minimum atomic E-state index is -0.182. The maximum absolute atomic E-state index is 12.0. The van der Waals surface area contributed by atoms with Gasteiger partial charge in [-0.3, -0.25) is 4.79 Å². The number of aromatic nitrogens is 2. The first-order valence-electron chi connectivity index (χ1n) is 5.11. The monoisotopic (exact) mass is 227 g/mol. The molecule has 0 aliphatic carbocycles. The van der Waals surface area contributed by atoms with Crippen LogP contribution in [0, 0.1) is 0 Å². The summed E-state index contributed by atoms with van der Waals surface area (Å²) in [5, 5.41) is 7.13. The van der Waals surface area contributed by atoms with Crippen LogP contribution in [0.2, 0.25) is 0 Å². The molecular formula is C12H9N3O2. The number of amides is 1. The number of anilines is 1. The number of H-pyrrole nitrogens is 1. The van der Waals surface area contributed by atoms with E-state index < -0.39 is 0 Å². The van der Waals surface area contributed by atoms with Gasteiger partial charge < -0.3 is 14.8 Å². The highest BCUT2D eigenvalue weighted by Gasteiger charge is 2.11. The Morgan fingerprint density at radius 1 is 1.35 bits per heavy atom. The van der Waals surface area contributed by atoms with Crippen molar-refractivity contribution < 1.29 is 9.32 Å². The molecule has 2 aromatic heterocycles. The number of hydrogen-bond acceptors (Lipinski definition) is 3. The molecule has 0 atom stereocenters. The minimum Gasteiger partial charge on any atom is -0.363 e. The molecule has 0 fully saturated rings. The molecule has 2 N–H and O–H groups in total. The van der Waals surface area contributed by atoms with Crippen LogP contribution in [-0.4, -0.2) is 16.0 Å². The maximum Gasteiger partial charge on any atom is 0.256 e. The van der Waals surface area contributed by atoms with E-state index in [1.54, 1.807) is 12.3 Å². The number of benzene rings is 1. The zero-order valence-electron chi connectivity index (χ0n) is 8.81. The molecule has 3 aromatic rings. The molecule has 0 bridgehead atoms. The molecule has 0 saturated carbocycles. The van der Waals surface area contributed by atoms with E-state index in [9.17, 15) is 4.79 Å². The van der Waals surface area contributed by atoms with E-state index in [1.807, 2.05) is 18.2 Å². The van der Waals surface area contributed by atoms with Gasteiger partial charge in [-0.25, -0.2) is 0 Å². The highest BCUT2D eigenvalue weighted by molar-refractivity contribution is 6.12. The number of nitrogens with one attached hydrogen (secondary N) is 2. The summed E-state index contributed by atoms with van der Waals surface area (Å²) in [6.07, 6.45) is 4.64. The first-order chi connectivity index (χ1) is 8.34. The zero-order valence-corrected chi connectivity index (χ0v) is 8.81. The number of carbonyl (C=O) groups excluding carboxylic acids is 1. The van der Waals surface area contributed by atoms with Gasteiger partial charge >= 0.3 is 0 Å². The largest absolute Gasteiger partial charge is 0.363 e. The number of rotatable bonds is 2. The maximum atomic E-state index is 12.0. The van der Waals surface area contributed by atoms with Gasteiger partial charge in [-0.05, 0) is 18.2 Å². The minimum absolute atomic E-state index is 0.182. The predicted molar refractivity (Wildman–Crippen MR) is 62.8 cm³/mol. The Bertz CT molecular complexity index is 655. The summed E-state index contributed by atoms with van der Waals surface area (Å²) < 4.78 is 4.65. The number of hydrogen-bond donors (Lipinski definition) is 2. The average Bonchev–Trinajstić information content (AvgIpc) is 2.97. The summed E-state index contributed by atoms with van der Waals surface area (Å²) in [6.45, 7) is 0. The van der Waals surface area contributed by atoms with Crippen LogP contribution in [0.3, 0.4) is 0 Å². The van der Waals surface area contributed by atoms with E-state index in [2.05, 4.69) is 20.0 Å². The van der Waals surface area contributed by atoms with E-state index >= 15 is 0 Å². The normalized spacial score (nSPS) is 10.6. The smallest absolute Gasteiger partial charge is 0.256 e. The van der Waals surface area contributed by atoms with Gasteiger partial charge in [-0.2, -0.15) is 0 Å². The summed E-state index contributed by atoms with van der Waals surface area (Å²) >= 11 is 0. The summed E-state index contributed by atoms with van der Waals surface area (Å²) in [6, 6.07) is 7.41. The standard InChI is InChI=1S/C12H9N3O2/c16-12(15-8-6-14-17-7-8)10-2-1-3-11-9(10)4-5-13-11/h1-7,13H,(H,15,16). The molecule has 1 amide bonds. The number of nitrogens with zero attached hydrogens (tertiary/aromatic N) is 1. The van der Waals surface area contributed by atoms with Crippen LogP contribution >= 0.6 is 0 Å². The Kier molecular flexibility index (Phi) is 2.15. The zero-order chi connectivity index (χ0) is 11.7. The molecule has 0 saturated heterocycles. The van der Waals surface area contributed by atoms with Gasteiger partial charge in [0.15, 0.2) is 0 Å². The van der Waals surface area contributed by atoms with Gasteiger partial charge in [0.2, 0.25) is 0 Å². The number of aromatic amines is 1. The molecule has 84 valence electrons. The third-order valence-corrected chi connectivity index (χ3v) is 2.53. The van der Waals surface area contributed by atoms with Crippen molar-refractivity contribution in [3.8, 4) is 0 Å². The lowest BCUT2D eigenvalue weighted by Crippen LogP contribution is -2.11. The molecule has 0 radical (unpaired) electrons. The van der Waals surface area contributed by atoms with Gasteiger partial charge in [-0.15, -0.1) is 0 Å².